The molecule has 10 heteroatoms. The molecule has 2 rings (SSSR count). The maximum Gasteiger partial charge on any atom is 0.243 e. The molecule has 0 unspecified atom stereocenters. The minimum Gasteiger partial charge on any atom is -0.497 e. The Morgan fingerprint density at radius 3 is 2.42 bits per heavy atom. The van der Waals surface area contributed by atoms with Crippen LogP contribution in [-0.4, -0.2) is 71.4 Å². The lowest BCUT2D eigenvalue weighted by molar-refractivity contribution is -0.121. The van der Waals surface area contributed by atoms with Crippen LogP contribution in [0.4, 0.5) is 10.1 Å². The second kappa shape index (κ2) is 12.0. The van der Waals surface area contributed by atoms with Gasteiger partial charge in [-0.25, -0.2) is 17.1 Å². The highest BCUT2D eigenvalue weighted by Crippen LogP contribution is 2.23. The third kappa shape index (κ3) is 7.69. The number of sulfonamides is 1. The number of aryl methyl sites for hydroxylation is 1. The van der Waals surface area contributed by atoms with Crippen molar-refractivity contribution >= 4 is 21.6 Å². The third-order valence-corrected chi connectivity index (χ3v) is 7.14. The van der Waals surface area contributed by atoms with Crippen molar-refractivity contribution in [1.29, 1.82) is 0 Å². The number of anilines is 1. The summed E-state index contributed by atoms with van der Waals surface area (Å²) in [6.45, 7) is 3.26. The van der Waals surface area contributed by atoms with E-state index in [2.05, 4.69) is 10.6 Å². The number of carbonyl (C=O) groups is 1. The van der Waals surface area contributed by atoms with Crippen LogP contribution in [0.3, 0.4) is 0 Å². The average Bonchev–Trinajstić information content (AvgIpc) is 2.76. The zero-order valence-electron chi connectivity index (χ0n) is 19.8. The van der Waals surface area contributed by atoms with Crippen molar-refractivity contribution in [3.8, 4) is 5.75 Å². The van der Waals surface area contributed by atoms with Gasteiger partial charge in [-0.3, -0.25) is 4.79 Å². The smallest absolute Gasteiger partial charge is 0.243 e. The number of methoxy groups -OCH3 is 1. The Kier molecular flexibility index (Phi) is 9.63. The number of hydrogen-bond acceptors (Lipinski definition) is 6. The predicted octanol–water partition coefficient (Wildman–Crippen LogP) is 2.44. The Labute approximate surface area is 195 Å². The number of rotatable bonds is 12. The molecule has 0 heterocycles. The van der Waals surface area contributed by atoms with Gasteiger partial charge in [0.05, 0.1) is 17.7 Å². The standard InChI is InChI=1S/C23H33FN4O4S/c1-17-14-19(32-5)7-9-22(17)33(30,31)28(4)12-10-23(29)26-16-18-6-8-21(20(24)15-18)25-11-13-27(2)3/h6-9,14-15,25H,10-13,16H2,1-5H3,(H,26,29). The fourth-order valence-electron chi connectivity index (χ4n) is 3.10. The summed E-state index contributed by atoms with van der Waals surface area (Å²) in [4.78, 5) is 14.4. The van der Waals surface area contributed by atoms with Gasteiger partial charge in [-0.05, 0) is 62.5 Å². The molecule has 0 fully saturated rings. The first-order valence-electron chi connectivity index (χ1n) is 10.6. The molecule has 33 heavy (non-hydrogen) atoms. The normalized spacial score (nSPS) is 11.6. The van der Waals surface area contributed by atoms with Crippen LogP contribution >= 0.6 is 0 Å². The Balaban J connectivity index is 1.87. The first-order valence-corrected chi connectivity index (χ1v) is 12.0. The van der Waals surface area contributed by atoms with Crippen LogP contribution in [0.5, 0.6) is 5.75 Å². The second-order valence-electron chi connectivity index (χ2n) is 8.03. The number of nitrogens with one attached hydrogen (secondary N) is 2. The maximum atomic E-state index is 14.3. The molecule has 0 aliphatic rings. The lowest BCUT2D eigenvalue weighted by Gasteiger charge is -2.18. The van der Waals surface area contributed by atoms with E-state index in [1.54, 1.807) is 31.2 Å². The molecule has 0 radical (unpaired) electrons. The molecule has 0 saturated carbocycles. The van der Waals surface area contributed by atoms with E-state index in [9.17, 15) is 17.6 Å². The van der Waals surface area contributed by atoms with Crippen LogP contribution in [0.1, 0.15) is 17.5 Å². The summed E-state index contributed by atoms with van der Waals surface area (Å²) in [5.74, 6) is -0.138. The zero-order chi connectivity index (χ0) is 24.6. The Hall–Kier alpha value is -2.69. The number of hydrogen-bond donors (Lipinski definition) is 2. The molecular formula is C23H33FN4O4S. The topological polar surface area (TPSA) is 91.0 Å². The van der Waals surface area contributed by atoms with Crippen molar-refractivity contribution in [3.63, 3.8) is 0 Å². The number of benzene rings is 2. The van der Waals surface area contributed by atoms with Gasteiger partial charge in [-0.1, -0.05) is 6.07 Å². The molecule has 0 atom stereocenters. The van der Waals surface area contributed by atoms with Gasteiger partial charge in [-0.2, -0.15) is 0 Å². The molecule has 0 saturated heterocycles. The van der Waals surface area contributed by atoms with Gasteiger partial charge in [0, 0.05) is 39.6 Å². The van der Waals surface area contributed by atoms with E-state index in [4.69, 9.17) is 4.74 Å². The highest BCUT2D eigenvalue weighted by molar-refractivity contribution is 7.89. The minimum atomic E-state index is -3.74. The van der Waals surface area contributed by atoms with Gasteiger partial charge >= 0.3 is 0 Å². The Morgan fingerprint density at radius 2 is 1.82 bits per heavy atom. The van der Waals surface area contributed by atoms with Crippen LogP contribution in [0.25, 0.3) is 0 Å². The van der Waals surface area contributed by atoms with Crippen molar-refractivity contribution in [3.05, 3.63) is 53.3 Å². The first kappa shape index (κ1) is 26.6. The molecule has 0 spiro atoms. The average molecular weight is 481 g/mol. The molecule has 2 N–H and O–H groups in total. The Morgan fingerprint density at radius 1 is 1.09 bits per heavy atom. The van der Waals surface area contributed by atoms with Gasteiger partial charge < -0.3 is 20.3 Å². The van der Waals surface area contributed by atoms with Crippen LogP contribution in [-0.2, 0) is 21.4 Å². The predicted molar refractivity (Wildman–Crippen MR) is 127 cm³/mol. The minimum absolute atomic E-state index is 0.0163. The fourth-order valence-corrected chi connectivity index (χ4v) is 4.47. The van der Waals surface area contributed by atoms with Crippen molar-refractivity contribution in [2.45, 2.75) is 24.8 Å². The molecule has 8 nitrogen and oxygen atoms in total. The molecule has 0 aliphatic carbocycles. The molecule has 182 valence electrons. The molecule has 0 bridgehead atoms. The van der Waals surface area contributed by atoms with Crippen molar-refractivity contribution in [1.82, 2.24) is 14.5 Å². The number of ether oxygens (including phenoxy) is 1. The number of nitrogens with zero attached hydrogens (tertiary/aromatic N) is 2. The number of halogens is 1. The van der Waals surface area contributed by atoms with Gasteiger partial charge in [-0.15, -0.1) is 0 Å². The number of carbonyl (C=O) groups excluding carboxylic acids is 1. The molecule has 0 aromatic heterocycles. The van der Waals surface area contributed by atoms with Gasteiger partial charge in [0.1, 0.15) is 11.6 Å². The summed E-state index contributed by atoms with van der Waals surface area (Å²) in [6, 6.07) is 9.49. The lowest BCUT2D eigenvalue weighted by Crippen LogP contribution is -2.32. The molecule has 2 aromatic carbocycles. The zero-order valence-corrected chi connectivity index (χ0v) is 20.6. The monoisotopic (exact) mass is 480 g/mol. The molecule has 2 aromatic rings. The van der Waals surface area contributed by atoms with Crippen molar-refractivity contribution in [2.75, 3.05) is 53.2 Å². The van der Waals surface area contributed by atoms with Gasteiger partial charge in [0.2, 0.25) is 15.9 Å². The summed E-state index contributed by atoms with van der Waals surface area (Å²) >= 11 is 0. The van der Waals surface area contributed by atoms with E-state index in [0.717, 1.165) is 10.8 Å². The lowest BCUT2D eigenvalue weighted by atomic mass is 10.2. The number of amides is 1. The van der Waals surface area contributed by atoms with E-state index < -0.39 is 10.0 Å². The largest absolute Gasteiger partial charge is 0.497 e. The maximum absolute atomic E-state index is 14.3. The SMILES string of the molecule is COc1ccc(S(=O)(=O)N(C)CCC(=O)NCc2ccc(NCCN(C)C)c(F)c2)c(C)c1. The number of likely N-dealkylation sites (N-methyl/N-ethyl adjacent to an activating group) is 1. The van der Waals surface area contributed by atoms with E-state index in [0.29, 0.717) is 29.1 Å². The summed E-state index contributed by atoms with van der Waals surface area (Å²) in [5.41, 5.74) is 1.59. The third-order valence-electron chi connectivity index (χ3n) is 5.12. The van der Waals surface area contributed by atoms with Crippen LogP contribution in [0.15, 0.2) is 41.3 Å². The summed E-state index contributed by atoms with van der Waals surface area (Å²) in [5, 5.41) is 5.74. The quantitative estimate of drug-likeness (QED) is 0.485. The summed E-state index contributed by atoms with van der Waals surface area (Å²) in [7, 11) is 3.09. The summed E-state index contributed by atoms with van der Waals surface area (Å²) < 4.78 is 46.2. The highest BCUT2D eigenvalue weighted by Gasteiger charge is 2.23. The highest BCUT2D eigenvalue weighted by atomic mass is 32.2. The van der Waals surface area contributed by atoms with E-state index in [1.165, 1.54) is 26.3 Å². The molecule has 1 amide bonds. The first-order chi connectivity index (χ1) is 15.5. The van der Waals surface area contributed by atoms with Crippen LogP contribution in [0.2, 0.25) is 0 Å². The van der Waals surface area contributed by atoms with E-state index in [-0.39, 0.29) is 36.1 Å². The van der Waals surface area contributed by atoms with Crippen LogP contribution < -0.4 is 15.4 Å². The van der Waals surface area contributed by atoms with Gasteiger partial charge in [0.15, 0.2) is 0 Å². The Bertz CT molecular complexity index is 1060. The van der Waals surface area contributed by atoms with E-state index >= 15 is 0 Å². The molecule has 0 aliphatic heterocycles. The van der Waals surface area contributed by atoms with Crippen LogP contribution in [0, 0.1) is 12.7 Å². The molecular weight excluding hydrogens is 447 g/mol. The second-order valence-corrected chi connectivity index (χ2v) is 10.0. The van der Waals surface area contributed by atoms with E-state index in [1.807, 2.05) is 19.0 Å². The van der Waals surface area contributed by atoms with Crippen molar-refractivity contribution < 1.29 is 22.3 Å². The van der Waals surface area contributed by atoms with Gasteiger partial charge in [0.25, 0.3) is 0 Å². The fraction of sp³-hybridized carbons (Fsp3) is 0.435. The summed E-state index contributed by atoms with van der Waals surface area (Å²) in [6.07, 6.45) is -0.0163. The van der Waals surface area contributed by atoms with Crippen molar-refractivity contribution in [2.24, 2.45) is 0 Å².